The molecule has 0 bridgehead atoms. The first-order valence-electron chi connectivity index (χ1n) is 7.22. The molecule has 3 aromatic rings. The van der Waals surface area contributed by atoms with Crippen LogP contribution in [0.5, 0.6) is 0 Å². The minimum Gasteiger partial charge on any atom is -0.304 e. The van der Waals surface area contributed by atoms with E-state index in [0.717, 1.165) is 4.47 Å². The van der Waals surface area contributed by atoms with Gasteiger partial charge in [0.2, 0.25) is 0 Å². The van der Waals surface area contributed by atoms with Gasteiger partial charge in [0.05, 0.1) is 10.6 Å². The third kappa shape index (κ3) is 4.97. The first-order chi connectivity index (χ1) is 12.1. The number of nitrogens with one attached hydrogen (secondary N) is 1. The van der Waals surface area contributed by atoms with E-state index in [0.29, 0.717) is 21.3 Å². The molecule has 0 unspecified atom stereocenters. The van der Waals surface area contributed by atoms with E-state index in [4.69, 9.17) is 0 Å². The third-order valence-electron chi connectivity index (χ3n) is 3.14. The summed E-state index contributed by atoms with van der Waals surface area (Å²) in [6, 6.07) is 14.2. The number of anilines is 1. The molecule has 0 aliphatic carbocycles. The van der Waals surface area contributed by atoms with Crippen molar-refractivity contribution in [2.24, 2.45) is 0 Å². The maximum Gasteiger partial charge on any atom is 0.266 e. The van der Waals surface area contributed by atoms with Gasteiger partial charge in [-0.25, -0.2) is 0 Å². The summed E-state index contributed by atoms with van der Waals surface area (Å²) in [6.45, 7) is 0. The van der Waals surface area contributed by atoms with Gasteiger partial charge in [-0.15, -0.1) is 21.5 Å². The van der Waals surface area contributed by atoms with E-state index in [1.165, 1.54) is 23.1 Å². The molecule has 2 heterocycles. The van der Waals surface area contributed by atoms with Crippen LogP contribution in [0.2, 0.25) is 0 Å². The van der Waals surface area contributed by atoms with E-state index >= 15 is 0 Å². The molecule has 5 nitrogen and oxygen atoms in total. The highest BCUT2D eigenvalue weighted by Crippen LogP contribution is 2.19. The van der Waals surface area contributed by atoms with Gasteiger partial charge in [0, 0.05) is 10.0 Å². The zero-order valence-corrected chi connectivity index (χ0v) is 16.0. The largest absolute Gasteiger partial charge is 0.304 e. The highest BCUT2D eigenvalue weighted by Gasteiger charge is 2.10. The second kappa shape index (κ2) is 8.37. The fourth-order valence-corrected chi connectivity index (χ4v) is 3.50. The Morgan fingerprint density at radius 3 is 2.52 bits per heavy atom. The summed E-state index contributed by atoms with van der Waals surface area (Å²) in [6.07, 6.45) is 0. The highest BCUT2D eigenvalue weighted by molar-refractivity contribution is 9.10. The van der Waals surface area contributed by atoms with Crippen LogP contribution in [0.1, 0.15) is 20.0 Å². The predicted molar refractivity (Wildman–Crippen MR) is 104 cm³/mol. The van der Waals surface area contributed by atoms with Crippen molar-refractivity contribution in [1.29, 1.82) is 0 Å². The van der Waals surface area contributed by atoms with Crippen molar-refractivity contribution in [2.75, 3.05) is 11.1 Å². The summed E-state index contributed by atoms with van der Waals surface area (Å²) < 4.78 is 0.933. The molecule has 0 aliphatic heterocycles. The molecule has 1 amide bonds. The van der Waals surface area contributed by atoms with Crippen molar-refractivity contribution in [1.82, 2.24) is 10.2 Å². The van der Waals surface area contributed by atoms with Gasteiger partial charge >= 0.3 is 0 Å². The normalized spacial score (nSPS) is 10.4. The summed E-state index contributed by atoms with van der Waals surface area (Å²) in [5, 5.41) is 13.2. The number of carbonyl (C=O) groups is 2. The van der Waals surface area contributed by atoms with E-state index in [1.807, 2.05) is 23.6 Å². The molecule has 0 aliphatic rings. The average molecular weight is 434 g/mol. The molecular formula is C17H12BrN3O2S2. The van der Waals surface area contributed by atoms with Gasteiger partial charge in [-0.3, -0.25) is 9.59 Å². The van der Waals surface area contributed by atoms with E-state index in [-0.39, 0.29) is 17.4 Å². The number of ketones is 1. The number of benzene rings is 1. The fraction of sp³-hybridized carbons (Fsp3) is 0.0588. The molecule has 8 heteroatoms. The van der Waals surface area contributed by atoms with Crippen LogP contribution in [0, 0.1) is 0 Å². The van der Waals surface area contributed by atoms with Crippen molar-refractivity contribution in [2.45, 2.75) is 5.03 Å². The fourth-order valence-electron chi connectivity index (χ4n) is 1.91. The number of amides is 1. The number of hydrogen-bond acceptors (Lipinski definition) is 6. The van der Waals surface area contributed by atoms with E-state index in [1.54, 1.807) is 30.3 Å². The molecule has 0 spiro atoms. The van der Waals surface area contributed by atoms with Gasteiger partial charge in [-0.1, -0.05) is 45.9 Å². The van der Waals surface area contributed by atoms with Crippen LogP contribution in [0.15, 0.2) is 63.4 Å². The average Bonchev–Trinajstić information content (AvgIpc) is 3.16. The Hall–Kier alpha value is -2.03. The third-order valence-corrected chi connectivity index (χ3v) is 5.46. The Kier molecular flexibility index (Phi) is 5.95. The first kappa shape index (κ1) is 17.8. The quantitative estimate of drug-likeness (QED) is 0.456. The lowest BCUT2D eigenvalue weighted by atomic mass is 10.2. The molecule has 0 saturated carbocycles. The predicted octanol–water partition coefficient (Wildman–Crippen LogP) is 4.53. The smallest absolute Gasteiger partial charge is 0.266 e. The van der Waals surface area contributed by atoms with Crippen LogP contribution in [0.25, 0.3) is 0 Å². The molecule has 25 heavy (non-hydrogen) atoms. The first-order valence-corrected chi connectivity index (χ1v) is 9.88. The number of halogens is 1. The molecule has 0 atom stereocenters. The molecule has 3 rings (SSSR count). The Balaban J connectivity index is 1.54. The van der Waals surface area contributed by atoms with Crippen LogP contribution >= 0.6 is 39.0 Å². The zero-order valence-electron chi connectivity index (χ0n) is 12.8. The van der Waals surface area contributed by atoms with Crippen molar-refractivity contribution >= 4 is 56.5 Å². The molecule has 0 fully saturated rings. The van der Waals surface area contributed by atoms with Gasteiger partial charge < -0.3 is 5.32 Å². The standard InChI is InChI=1S/C17H12BrN3O2S2/c18-12-5-3-11(4-6-12)13(22)10-25-16-8-7-15(20-21-16)19-17(23)14-2-1-9-24-14/h1-9H,10H2,(H,19,20,23). The van der Waals surface area contributed by atoms with Gasteiger partial charge in [-0.05, 0) is 35.7 Å². The molecular weight excluding hydrogens is 422 g/mol. The summed E-state index contributed by atoms with van der Waals surface area (Å²) >= 11 is 6.01. The second-order valence-corrected chi connectivity index (χ2v) is 7.77. The number of Topliss-reactive ketones (excluding diaryl/α,β-unsaturated/α-hetero) is 1. The number of thiophene rings is 1. The number of aromatic nitrogens is 2. The Morgan fingerprint density at radius 1 is 1.08 bits per heavy atom. The lowest BCUT2D eigenvalue weighted by Crippen LogP contribution is -2.11. The van der Waals surface area contributed by atoms with Crippen LogP contribution in [0.4, 0.5) is 5.82 Å². The van der Waals surface area contributed by atoms with Crippen molar-refractivity contribution < 1.29 is 9.59 Å². The molecule has 0 saturated heterocycles. The Bertz CT molecular complexity index is 866. The number of carbonyl (C=O) groups excluding carboxylic acids is 2. The lowest BCUT2D eigenvalue weighted by molar-refractivity contribution is 0.101. The van der Waals surface area contributed by atoms with Crippen LogP contribution in [-0.4, -0.2) is 27.6 Å². The number of nitrogens with zero attached hydrogens (tertiary/aromatic N) is 2. The van der Waals surface area contributed by atoms with Crippen molar-refractivity contribution in [3.63, 3.8) is 0 Å². The molecule has 2 aromatic heterocycles. The second-order valence-electron chi connectivity index (χ2n) is 4.91. The van der Waals surface area contributed by atoms with Gasteiger partial charge in [0.15, 0.2) is 11.6 Å². The van der Waals surface area contributed by atoms with Gasteiger partial charge in [0.25, 0.3) is 5.91 Å². The van der Waals surface area contributed by atoms with Crippen molar-refractivity contribution in [3.8, 4) is 0 Å². The van der Waals surface area contributed by atoms with E-state index in [2.05, 4.69) is 31.4 Å². The SMILES string of the molecule is O=C(CSc1ccc(NC(=O)c2cccs2)nn1)c1ccc(Br)cc1. The maximum atomic E-state index is 12.1. The Labute approximate surface area is 161 Å². The van der Waals surface area contributed by atoms with Gasteiger partial charge in [-0.2, -0.15) is 0 Å². The summed E-state index contributed by atoms with van der Waals surface area (Å²) in [5.74, 6) is 0.462. The highest BCUT2D eigenvalue weighted by atomic mass is 79.9. The molecule has 1 aromatic carbocycles. The molecule has 126 valence electrons. The Morgan fingerprint density at radius 2 is 1.88 bits per heavy atom. The van der Waals surface area contributed by atoms with Crippen LogP contribution < -0.4 is 5.32 Å². The van der Waals surface area contributed by atoms with E-state index < -0.39 is 0 Å². The monoisotopic (exact) mass is 433 g/mol. The van der Waals surface area contributed by atoms with Gasteiger partial charge in [0.1, 0.15) is 5.03 Å². The number of rotatable bonds is 6. The summed E-state index contributed by atoms with van der Waals surface area (Å²) in [4.78, 5) is 24.7. The van der Waals surface area contributed by atoms with Crippen LogP contribution in [-0.2, 0) is 0 Å². The number of thioether (sulfide) groups is 1. The minimum atomic E-state index is -0.213. The number of hydrogen-bond donors (Lipinski definition) is 1. The summed E-state index contributed by atoms with van der Waals surface area (Å²) in [7, 11) is 0. The topological polar surface area (TPSA) is 72.0 Å². The zero-order chi connectivity index (χ0) is 17.6. The minimum absolute atomic E-state index is 0.0226. The molecule has 0 radical (unpaired) electrons. The summed E-state index contributed by atoms with van der Waals surface area (Å²) in [5.41, 5.74) is 0.656. The van der Waals surface area contributed by atoms with Crippen LogP contribution in [0.3, 0.4) is 0 Å². The van der Waals surface area contributed by atoms with E-state index in [9.17, 15) is 9.59 Å². The van der Waals surface area contributed by atoms with Crippen molar-refractivity contribution in [3.05, 3.63) is 68.8 Å². The lowest BCUT2D eigenvalue weighted by Gasteiger charge is -2.04. The molecule has 1 N–H and O–H groups in total. The maximum absolute atomic E-state index is 12.1.